The lowest BCUT2D eigenvalue weighted by Gasteiger charge is -2.14. The van der Waals surface area contributed by atoms with Crippen molar-refractivity contribution in [1.29, 1.82) is 0 Å². The van der Waals surface area contributed by atoms with Crippen LogP contribution in [-0.4, -0.2) is 18.1 Å². The van der Waals surface area contributed by atoms with Gasteiger partial charge >= 0.3 is 0 Å². The molecule has 0 aliphatic heterocycles. The van der Waals surface area contributed by atoms with E-state index in [0.29, 0.717) is 12.5 Å². The van der Waals surface area contributed by atoms with Crippen LogP contribution in [0.5, 0.6) is 0 Å². The van der Waals surface area contributed by atoms with E-state index in [-0.39, 0.29) is 0 Å². The van der Waals surface area contributed by atoms with Crippen LogP contribution >= 0.6 is 0 Å². The molecule has 0 aliphatic rings. The number of rotatable bonds is 12. The second-order valence-electron chi connectivity index (χ2n) is 5.73. The van der Waals surface area contributed by atoms with Crippen molar-refractivity contribution in [2.24, 2.45) is 5.92 Å². The van der Waals surface area contributed by atoms with Gasteiger partial charge in [0.25, 0.3) is 0 Å². The van der Waals surface area contributed by atoms with Crippen LogP contribution in [0.3, 0.4) is 0 Å². The Labute approximate surface area is 130 Å². The molecule has 0 saturated heterocycles. The fraction of sp³-hybridized carbons (Fsp3) is 0.722. The van der Waals surface area contributed by atoms with E-state index in [0.717, 1.165) is 37.5 Å². The van der Waals surface area contributed by atoms with Crippen molar-refractivity contribution in [2.45, 2.75) is 66.0 Å². The molecule has 1 rings (SSSR count). The highest BCUT2D eigenvalue weighted by molar-refractivity contribution is 5.10. The van der Waals surface area contributed by atoms with Gasteiger partial charge in [0.2, 0.25) is 0 Å². The lowest BCUT2D eigenvalue weighted by atomic mass is 10.0. The summed E-state index contributed by atoms with van der Waals surface area (Å²) in [6, 6.07) is 6.20. The van der Waals surface area contributed by atoms with Crippen molar-refractivity contribution >= 4 is 0 Å². The van der Waals surface area contributed by atoms with Gasteiger partial charge in [-0.05, 0) is 37.4 Å². The van der Waals surface area contributed by atoms with Crippen LogP contribution in [0.4, 0.5) is 0 Å². The standard InChI is InChI=1S/C18H32N2O/c1-4-7-9-16(6-3)14-21-15-18-11-8-10-17(20-18)13-19-12-5-2/h8,10-11,16,19H,4-7,9,12-15H2,1-3H3. The largest absolute Gasteiger partial charge is 0.375 e. The van der Waals surface area contributed by atoms with Crippen LogP contribution in [0, 0.1) is 5.92 Å². The van der Waals surface area contributed by atoms with Crippen molar-refractivity contribution in [3.8, 4) is 0 Å². The quantitative estimate of drug-likeness (QED) is 0.583. The molecule has 0 amide bonds. The van der Waals surface area contributed by atoms with Gasteiger partial charge in [0.05, 0.1) is 18.0 Å². The number of unbranched alkanes of at least 4 members (excludes halogenated alkanes) is 1. The van der Waals surface area contributed by atoms with Gasteiger partial charge < -0.3 is 10.1 Å². The van der Waals surface area contributed by atoms with E-state index in [4.69, 9.17) is 4.74 Å². The molecule has 0 fully saturated rings. The SMILES string of the molecule is CCCCC(CC)COCc1cccc(CNCCC)n1. The van der Waals surface area contributed by atoms with Crippen LogP contribution < -0.4 is 5.32 Å². The predicted octanol–water partition coefficient (Wildman–Crippen LogP) is 4.31. The number of ether oxygens (including phenoxy) is 1. The van der Waals surface area contributed by atoms with Gasteiger partial charge in [0, 0.05) is 13.2 Å². The fourth-order valence-electron chi connectivity index (χ4n) is 2.33. The first-order valence-corrected chi connectivity index (χ1v) is 8.53. The summed E-state index contributed by atoms with van der Waals surface area (Å²) in [4.78, 5) is 4.64. The summed E-state index contributed by atoms with van der Waals surface area (Å²) in [5.41, 5.74) is 2.14. The van der Waals surface area contributed by atoms with E-state index in [9.17, 15) is 0 Å². The molecule has 1 N–H and O–H groups in total. The molecule has 3 nitrogen and oxygen atoms in total. The Morgan fingerprint density at radius 2 is 1.95 bits per heavy atom. The van der Waals surface area contributed by atoms with Crippen LogP contribution in [0.2, 0.25) is 0 Å². The number of hydrogen-bond acceptors (Lipinski definition) is 3. The van der Waals surface area contributed by atoms with Gasteiger partial charge in [0.1, 0.15) is 0 Å². The molecular weight excluding hydrogens is 260 g/mol. The number of hydrogen-bond donors (Lipinski definition) is 1. The highest BCUT2D eigenvalue weighted by Crippen LogP contribution is 2.13. The molecule has 21 heavy (non-hydrogen) atoms. The molecule has 1 atom stereocenters. The normalized spacial score (nSPS) is 12.5. The molecule has 0 saturated carbocycles. The average Bonchev–Trinajstić information content (AvgIpc) is 2.51. The lowest BCUT2D eigenvalue weighted by molar-refractivity contribution is 0.0798. The highest BCUT2D eigenvalue weighted by atomic mass is 16.5. The molecule has 0 aromatic carbocycles. The third-order valence-electron chi connectivity index (χ3n) is 3.74. The fourth-order valence-corrected chi connectivity index (χ4v) is 2.33. The van der Waals surface area contributed by atoms with Gasteiger partial charge in [0.15, 0.2) is 0 Å². The Morgan fingerprint density at radius 1 is 1.14 bits per heavy atom. The number of nitrogens with zero attached hydrogens (tertiary/aromatic N) is 1. The maximum Gasteiger partial charge on any atom is 0.0888 e. The van der Waals surface area contributed by atoms with E-state index in [1.165, 1.54) is 25.7 Å². The second-order valence-corrected chi connectivity index (χ2v) is 5.73. The van der Waals surface area contributed by atoms with Crippen LogP contribution in [0.25, 0.3) is 0 Å². The molecule has 1 heterocycles. The third kappa shape index (κ3) is 8.18. The molecule has 0 bridgehead atoms. The van der Waals surface area contributed by atoms with E-state index in [1.54, 1.807) is 0 Å². The minimum absolute atomic E-state index is 0.629. The van der Waals surface area contributed by atoms with Gasteiger partial charge in [-0.15, -0.1) is 0 Å². The van der Waals surface area contributed by atoms with Crippen LogP contribution in [0.1, 0.15) is 64.3 Å². The van der Waals surface area contributed by atoms with Crippen molar-refractivity contribution in [1.82, 2.24) is 10.3 Å². The van der Waals surface area contributed by atoms with Crippen molar-refractivity contribution < 1.29 is 4.74 Å². The summed E-state index contributed by atoms with van der Waals surface area (Å²) in [6.07, 6.45) is 6.21. The van der Waals surface area contributed by atoms with Crippen molar-refractivity contribution in [2.75, 3.05) is 13.2 Å². The zero-order valence-corrected chi connectivity index (χ0v) is 14.0. The molecule has 1 unspecified atom stereocenters. The Hall–Kier alpha value is -0.930. The van der Waals surface area contributed by atoms with Crippen LogP contribution in [0.15, 0.2) is 18.2 Å². The molecule has 1 aromatic rings. The summed E-state index contributed by atoms with van der Waals surface area (Å²) in [7, 11) is 0. The van der Waals surface area contributed by atoms with E-state index in [2.05, 4.69) is 49.3 Å². The summed E-state index contributed by atoms with van der Waals surface area (Å²) < 4.78 is 5.87. The highest BCUT2D eigenvalue weighted by Gasteiger charge is 2.06. The zero-order valence-electron chi connectivity index (χ0n) is 14.0. The third-order valence-corrected chi connectivity index (χ3v) is 3.74. The smallest absolute Gasteiger partial charge is 0.0888 e. The van der Waals surface area contributed by atoms with Gasteiger partial charge in [-0.1, -0.05) is 46.1 Å². The summed E-state index contributed by atoms with van der Waals surface area (Å²) >= 11 is 0. The number of nitrogens with one attached hydrogen (secondary N) is 1. The minimum Gasteiger partial charge on any atom is -0.375 e. The second kappa shape index (κ2) is 11.7. The first-order valence-electron chi connectivity index (χ1n) is 8.53. The Morgan fingerprint density at radius 3 is 2.67 bits per heavy atom. The Balaban J connectivity index is 2.32. The molecule has 0 radical (unpaired) electrons. The van der Waals surface area contributed by atoms with Gasteiger partial charge in [-0.3, -0.25) is 4.98 Å². The minimum atomic E-state index is 0.629. The van der Waals surface area contributed by atoms with E-state index >= 15 is 0 Å². The predicted molar refractivity (Wildman–Crippen MR) is 89.2 cm³/mol. The van der Waals surface area contributed by atoms with Crippen molar-refractivity contribution in [3.05, 3.63) is 29.6 Å². The summed E-state index contributed by atoms with van der Waals surface area (Å²) in [6.45, 7) is 10.0. The molecule has 1 aromatic heterocycles. The van der Waals surface area contributed by atoms with Gasteiger partial charge in [-0.25, -0.2) is 0 Å². The molecule has 0 spiro atoms. The van der Waals surface area contributed by atoms with E-state index < -0.39 is 0 Å². The Kier molecular flexibility index (Phi) is 10.1. The van der Waals surface area contributed by atoms with E-state index in [1.807, 2.05) is 0 Å². The topological polar surface area (TPSA) is 34.1 Å². The maximum atomic E-state index is 5.87. The monoisotopic (exact) mass is 292 g/mol. The molecular formula is C18H32N2O. The molecule has 0 aliphatic carbocycles. The molecule has 3 heteroatoms. The maximum absolute atomic E-state index is 5.87. The first-order chi connectivity index (χ1) is 10.3. The zero-order chi connectivity index (χ0) is 15.3. The number of pyridine rings is 1. The van der Waals surface area contributed by atoms with Gasteiger partial charge in [-0.2, -0.15) is 0 Å². The lowest BCUT2D eigenvalue weighted by Crippen LogP contribution is -2.15. The first kappa shape index (κ1) is 18.1. The summed E-state index contributed by atoms with van der Waals surface area (Å²) in [5.74, 6) is 0.694. The van der Waals surface area contributed by atoms with Crippen LogP contribution in [-0.2, 0) is 17.9 Å². The average molecular weight is 292 g/mol. The molecule has 120 valence electrons. The Bertz CT molecular complexity index is 368. The summed E-state index contributed by atoms with van der Waals surface area (Å²) in [5, 5.41) is 3.38. The van der Waals surface area contributed by atoms with Crippen molar-refractivity contribution in [3.63, 3.8) is 0 Å². The number of aromatic nitrogens is 1.